The van der Waals surface area contributed by atoms with Gasteiger partial charge in [-0.3, -0.25) is 9.52 Å². The van der Waals surface area contributed by atoms with E-state index in [1.807, 2.05) is 0 Å². The lowest BCUT2D eigenvalue weighted by Crippen LogP contribution is -2.30. The number of aromatic nitrogens is 1. The smallest absolute Gasteiger partial charge is 0.338 e. The van der Waals surface area contributed by atoms with Crippen LogP contribution in [-0.2, 0) is 19.6 Å². The lowest BCUT2D eigenvalue weighted by Gasteiger charge is -2.13. The fourth-order valence-electron chi connectivity index (χ4n) is 1.88. The maximum absolute atomic E-state index is 12.2. The van der Waals surface area contributed by atoms with Gasteiger partial charge in [0.2, 0.25) is 10.0 Å². The van der Waals surface area contributed by atoms with Crippen molar-refractivity contribution in [1.82, 2.24) is 4.98 Å². The van der Waals surface area contributed by atoms with Crippen molar-refractivity contribution in [2.75, 3.05) is 16.3 Å². The minimum absolute atomic E-state index is 0.0999. The molecule has 10 heteroatoms. The molecule has 2 N–H and O–H groups in total. The molecule has 0 aliphatic carbocycles. The van der Waals surface area contributed by atoms with Gasteiger partial charge in [0.1, 0.15) is 5.82 Å². The van der Waals surface area contributed by atoms with Crippen molar-refractivity contribution in [2.45, 2.75) is 13.0 Å². The molecule has 0 aliphatic heterocycles. The first-order valence-corrected chi connectivity index (χ1v) is 9.62. The predicted octanol–water partition coefficient (Wildman–Crippen LogP) is 2.29. The molecule has 1 aromatic carbocycles. The molecule has 1 heterocycles. The number of benzene rings is 1. The molecule has 0 radical (unpaired) electrons. The van der Waals surface area contributed by atoms with Crippen molar-refractivity contribution in [2.24, 2.45) is 0 Å². The number of anilines is 2. The van der Waals surface area contributed by atoms with Crippen LogP contribution >= 0.6 is 11.6 Å². The average molecular weight is 398 g/mol. The summed E-state index contributed by atoms with van der Waals surface area (Å²) in [7, 11) is -3.48. The molecule has 0 saturated heterocycles. The van der Waals surface area contributed by atoms with Gasteiger partial charge in [0.25, 0.3) is 5.91 Å². The van der Waals surface area contributed by atoms with Gasteiger partial charge in [0.15, 0.2) is 6.10 Å². The number of ether oxygens (including phenoxy) is 1. The Balaban J connectivity index is 2.01. The second-order valence-corrected chi connectivity index (χ2v) is 7.54. The minimum Gasteiger partial charge on any atom is -0.449 e. The third kappa shape index (κ3) is 6.01. The van der Waals surface area contributed by atoms with Crippen molar-refractivity contribution in [3.05, 3.63) is 53.2 Å². The predicted molar refractivity (Wildman–Crippen MR) is 97.7 cm³/mol. The van der Waals surface area contributed by atoms with Crippen molar-refractivity contribution in [3.63, 3.8) is 0 Å². The van der Waals surface area contributed by atoms with Gasteiger partial charge in [-0.05, 0) is 37.3 Å². The summed E-state index contributed by atoms with van der Waals surface area (Å²) in [5.74, 6) is -1.07. The van der Waals surface area contributed by atoms with Crippen LogP contribution < -0.4 is 10.0 Å². The molecular weight excluding hydrogens is 382 g/mol. The molecule has 0 fully saturated rings. The molecule has 1 aromatic heterocycles. The number of pyridine rings is 1. The zero-order valence-corrected chi connectivity index (χ0v) is 15.5. The molecule has 0 saturated carbocycles. The number of esters is 1. The van der Waals surface area contributed by atoms with Crippen LogP contribution in [0.2, 0.25) is 5.02 Å². The van der Waals surface area contributed by atoms with Crippen molar-refractivity contribution in [1.29, 1.82) is 0 Å². The maximum Gasteiger partial charge on any atom is 0.338 e. The highest BCUT2D eigenvalue weighted by molar-refractivity contribution is 7.92. The molecule has 0 spiro atoms. The fraction of sp³-hybridized carbons (Fsp3) is 0.188. The number of hydrogen-bond acceptors (Lipinski definition) is 6. The van der Waals surface area contributed by atoms with Gasteiger partial charge < -0.3 is 10.1 Å². The topological polar surface area (TPSA) is 114 Å². The highest BCUT2D eigenvalue weighted by Gasteiger charge is 2.20. The zero-order chi connectivity index (χ0) is 19.3. The van der Waals surface area contributed by atoms with E-state index in [1.54, 1.807) is 6.07 Å². The number of carbonyl (C=O) groups is 2. The summed E-state index contributed by atoms with van der Waals surface area (Å²) in [5.41, 5.74) is 0.312. The first-order chi connectivity index (χ1) is 12.1. The molecule has 0 unspecified atom stereocenters. The van der Waals surface area contributed by atoms with Gasteiger partial charge in [0, 0.05) is 11.9 Å². The molecule has 1 amide bonds. The quantitative estimate of drug-likeness (QED) is 0.723. The maximum atomic E-state index is 12.2. The molecule has 26 heavy (non-hydrogen) atoms. The number of sulfonamides is 1. The largest absolute Gasteiger partial charge is 0.449 e. The number of nitrogens with one attached hydrogen (secondary N) is 2. The second kappa shape index (κ2) is 8.15. The van der Waals surface area contributed by atoms with Crippen molar-refractivity contribution in [3.8, 4) is 0 Å². The molecule has 8 nitrogen and oxygen atoms in total. The first kappa shape index (κ1) is 19.7. The van der Waals surface area contributed by atoms with Gasteiger partial charge in [-0.1, -0.05) is 17.7 Å². The van der Waals surface area contributed by atoms with Crippen LogP contribution in [0.3, 0.4) is 0 Å². The number of carbonyl (C=O) groups excluding carboxylic acids is 2. The summed E-state index contributed by atoms with van der Waals surface area (Å²) in [6, 6.07) is 8.80. The molecule has 2 aromatic rings. The second-order valence-electron chi connectivity index (χ2n) is 5.35. The Morgan fingerprint density at radius 1 is 1.23 bits per heavy atom. The number of nitrogens with zero attached hydrogens (tertiary/aromatic N) is 1. The van der Waals surface area contributed by atoms with E-state index >= 15 is 0 Å². The third-order valence-corrected chi connectivity index (χ3v) is 3.86. The summed E-state index contributed by atoms with van der Waals surface area (Å²) in [5, 5.41) is 2.91. The van der Waals surface area contributed by atoms with Crippen LogP contribution in [0.25, 0.3) is 0 Å². The SMILES string of the molecule is C[C@@H](OC(=O)c1cccc(NS(C)(=O)=O)c1)C(=O)Nc1ccc(Cl)cn1. The average Bonchev–Trinajstić information content (AvgIpc) is 2.55. The summed E-state index contributed by atoms with van der Waals surface area (Å²) >= 11 is 5.71. The normalized spacial score (nSPS) is 12.1. The van der Waals surface area contributed by atoms with Gasteiger partial charge in [0.05, 0.1) is 16.8 Å². The van der Waals surface area contributed by atoms with E-state index < -0.39 is 28.0 Å². The van der Waals surface area contributed by atoms with Gasteiger partial charge in [-0.2, -0.15) is 0 Å². The van der Waals surface area contributed by atoms with E-state index in [2.05, 4.69) is 15.0 Å². The van der Waals surface area contributed by atoms with E-state index in [9.17, 15) is 18.0 Å². The van der Waals surface area contributed by atoms with Crippen LogP contribution in [0.5, 0.6) is 0 Å². The summed E-state index contributed by atoms with van der Waals surface area (Å²) < 4.78 is 29.9. The number of rotatable bonds is 6. The van der Waals surface area contributed by atoms with Crippen molar-refractivity contribution < 1.29 is 22.7 Å². The Hall–Kier alpha value is -2.65. The molecule has 0 aliphatic rings. The Bertz CT molecular complexity index is 916. The molecule has 2 rings (SSSR count). The van der Waals surface area contributed by atoms with Crippen LogP contribution in [0.15, 0.2) is 42.6 Å². The van der Waals surface area contributed by atoms with E-state index in [4.69, 9.17) is 16.3 Å². The third-order valence-electron chi connectivity index (χ3n) is 3.03. The van der Waals surface area contributed by atoms with Crippen LogP contribution in [0, 0.1) is 0 Å². The first-order valence-electron chi connectivity index (χ1n) is 7.35. The van der Waals surface area contributed by atoms with E-state index in [0.717, 1.165) is 6.26 Å². The van der Waals surface area contributed by atoms with Crippen LogP contribution in [0.1, 0.15) is 17.3 Å². The zero-order valence-electron chi connectivity index (χ0n) is 13.9. The molecule has 1 atom stereocenters. The Morgan fingerprint density at radius 2 is 1.96 bits per heavy atom. The molecule has 138 valence electrons. The number of amides is 1. The van der Waals surface area contributed by atoms with Crippen molar-refractivity contribution >= 4 is 45.0 Å². The monoisotopic (exact) mass is 397 g/mol. The number of halogens is 1. The lowest BCUT2D eigenvalue weighted by molar-refractivity contribution is -0.123. The summed E-state index contributed by atoms with van der Waals surface area (Å²) in [6.45, 7) is 1.40. The van der Waals surface area contributed by atoms with E-state index in [0.29, 0.717) is 5.02 Å². The Morgan fingerprint density at radius 3 is 2.58 bits per heavy atom. The Kier molecular flexibility index (Phi) is 6.17. The highest BCUT2D eigenvalue weighted by Crippen LogP contribution is 2.14. The fourth-order valence-corrected chi connectivity index (χ4v) is 2.55. The number of hydrogen-bond donors (Lipinski definition) is 2. The molecular formula is C16H16ClN3O5S. The lowest BCUT2D eigenvalue weighted by atomic mass is 10.2. The van der Waals surface area contributed by atoms with Crippen LogP contribution in [-0.4, -0.2) is 37.6 Å². The standard InChI is InChI=1S/C16H16ClN3O5S/c1-10(15(21)19-14-7-6-12(17)9-18-14)25-16(22)11-4-3-5-13(8-11)20-26(2,23)24/h3-10,20H,1-2H3,(H,18,19,21)/t10-/m1/s1. The van der Waals surface area contributed by atoms with Gasteiger partial charge in [-0.15, -0.1) is 0 Å². The summed E-state index contributed by atoms with van der Waals surface area (Å²) in [4.78, 5) is 28.1. The van der Waals surface area contributed by atoms with Gasteiger partial charge in [-0.25, -0.2) is 18.2 Å². The van der Waals surface area contributed by atoms with Crippen LogP contribution in [0.4, 0.5) is 11.5 Å². The van der Waals surface area contributed by atoms with Gasteiger partial charge >= 0.3 is 5.97 Å². The minimum atomic E-state index is -3.48. The van der Waals surface area contributed by atoms with E-state index in [-0.39, 0.29) is 17.1 Å². The Labute approximate surface area is 155 Å². The summed E-state index contributed by atoms with van der Waals surface area (Å²) in [6.07, 6.45) is 1.27. The highest BCUT2D eigenvalue weighted by atomic mass is 35.5. The molecule has 0 bridgehead atoms. The van der Waals surface area contributed by atoms with E-state index in [1.165, 1.54) is 43.5 Å².